The Morgan fingerprint density at radius 1 is 1.48 bits per heavy atom. The van der Waals surface area contributed by atoms with E-state index in [1.54, 1.807) is 11.9 Å². The molecule has 1 aliphatic heterocycles. The van der Waals surface area contributed by atoms with E-state index in [1.807, 2.05) is 0 Å². The Hall–Kier alpha value is -2.15. The molecule has 2 N–H and O–H groups in total. The number of nitrogens with zero attached hydrogens (tertiary/aromatic N) is 2. The van der Waals surface area contributed by atoms with Gasteiger partial charge in [-0.15, -0.1) is 0 Å². The number of nitro benzene ring substituents is 1. The molecule has 7 heteroatoms. The molecule has 1 aliphatic rings. The SMILES string of the molecule is CN(CC1CCOCC1)C(=O)c1cccc([N+](=O)[O-])c1N. The maximum absolute atomic E-state index is 12.4. The van der Waals surface area contributed by atoms with Crippen molar-refractivity contribution in [2.45, 2.75) is 12.8 Å². The summed E-state index contributed by atoms with van der Waals surface area (Å²) in [5.41, 5.74) is 5.61. The molecule has 0 radical (unpaired) electrons. The molecule has 1 heterocycles. The Labute approximate surface area is 122 Å². The number of ether oxygens (including phenoxy) is 1. The van der Waals surface area contributed by atoms with E-state index >= 15 is 0 Å². The summed E-state index contributed by atoms with van der Waals surface area (Å²) in [6.07, 6.45) is 1.84. The average Bonchev–Trinajstić information content (AvgIpc) is 2.47. The third-order valence-corrected chi connectivity index (χ3v) is 3.73. The number of carbonyl (C=O) groups excluding carboxylic acids is 1. The van der Waals surface area contributed by atoms with Gasteiger partial charge < -0.3 is 15.4 Å². The van der Waals surface area contributed by atoms with Crippen molar-refractivity contribution in [1.82, 2.24) is 4.90 Å². The van der Waals surface area contributed by atoms with Gasteiger partial charge in [-0.05, 0) is 24.8 Å². The lowest BCUT2D eigenvalue weighted by Gasteiger charge is -2.27. The summed E-state index contributed by atoms with van der Waals surface area (Å²) in [6.45, 7) is 2.03. The number of amides is 1. The fourth-order valence-corrected chi connectivity index (χ4v) is 2.50. The van der Waals surface area contributed by atoms with Crippen LogP contribution in [-0.4, -0.2) is 42.5 Å². The Morgan fingerprint density at radius 2 is 2.14 bits per heavy atom. The lowest BCUT2D eigenvalue weighted by atomic mass is 9.99. The standard InChI is InChI=1S/C14H19N3O4/c1-16(9-10-5-7-21-8-6-10)14(18)11-3-2-4-12(13(11)15)17(19)20/h2-4,10H,5-9,15H2,1H3. The fourth-order valence-electron chi connectivity index (χ4n) is 2.50. The lowest BCUT2D eigenvalue weighted by Crippen LogP contribution is -2.34. The van der Waals surface area contributed by atoms with Crippen molar-refractivity contribution in [3.63, 3.8) is 0 Å². The molecule has 0 atom stereocenters. The summed E-state index contributed by atoms with van der Waals surface area (Å²) < 4.78 is 5.29. The minimum atomic E-state index is -0.579. The Bertz CT molecular complexity index is 541. The van der Waals surface area contributed by atoms with Gasteiger partial charge in [0.05, 0.1) is 10.5 Å². The number of hydrogen-bond acceptors (Lipinski definition) is 5. The van der Waals surface area contributed by atoms with Crippen molar-refractivity contribution in [1.29, 1.82) is 0 Å². The van der Waals surface area contributed by atoms with E-state index in [9.17, 15) is 14.9 Å². The van der Waals surface area contributed by atoms with Gasteiger partial charge in [-0.2, -0.15) is 0 Å². The van der Waals surface area contributed by atoms with Crippen LogP contribution in [0.25, 0.3) is 0 Å². The second kappa shape index (κ2) is 6.53. The molecule has 0 saturated carbocycles. The summed E-state index contributed by atoms with van der Waals surface area (Å²) in [7, 11) is 1.69. The quantitative estimate of drug-likeness (QED) is 0.517. The van der Waals surface area contributed by atoms with Crippen molar-refractivity contribution in [3.05, 3.63) is 33.9 Å². The third kappa shape index (κ3) is 3.49. The molecular formula is C14H19N3O4. The number of benzene rings is 1. The van der Waals surface area contributed by atoms with Crippen molar-refractivity contribution in [3.8, 4) is 0 Å². The molecule has 21 heavy (non-hydrogen) atoms. The lowest BCUT2D eigenvalue weighted by molar-refractivity contribution is -0.383. The maximum atomic E-state index is 12.4. The van der Waals surface area contributed by atoms with Gasteiger partial charge >= 0.3 is 0 Å². The molecule has 1 fully saturated rings. The van der Waals surface area contributed by atoms with Crippen LogP contribution in [0.1, 0.15) is 23.2 Å². The predicted octanol–water partition coefficient (Wildman–Crippen LogP) is 1.68. The van der Waals surface area contributed by atoms with Crippen LogP contribution in [0.5, 0.6) is 0 Å². The van der Waals surface area contributed by atoms with Crippen LogP contribution in [0.15, 0.2) is 18.2 Å². The molecule has 0 aliphatic carbocycles. The Kier molecular flexibility index (Phi) is 4.74. The van der Waals surface area contributed by atoms with Crippen LogP contribution in [-0.2, 0) is 4.74 Å². The highest BCUT2D eigenvalue weighted by molar-refractivity contribution is 6.00. The summed E-state index contributed by atoms with van der Waals surface area (Å²) in [6, 6.07) is 4.29. The van der Waals surface area contributed by atoms with Crippen molar-refractivity contribution >= 4 is 17.3 Å². The molecule has 0 bridgehead atoms. The second-order valence-corrected chi connectivity index (χ2v) is 5.24. The highest BCUT2D eigenvalue weighted by Gasteiger charge is 2.23. The molecule has 0 spiro atoms. The summed E-state index contributed by atoms with van der Waals surface area (Å²) in [5.74, 6) is 0.107. The zero-order valence-electron chi connectivity index (χ0n) is 11.9. The average molecular weight is 293 g/mol. The highest BCUT2D eigenvalue weighted by Crippen LogP contribution is 2.26. The third-order valence-electron chi connectivity index (χ3n) is 3.73. The van der Waals surface area contributed by atoms with Gasteiger partial charge in [0.2, 0.25) is 0 Å². The van der Waals surface area contributed by atoms with E-state index in [-0.39, 0.29) is 22.8 Å². The van der Waals surface area contributed by atoms with Gasteiger partial charge in [-0.3, -0.25) is 14.9 Å². The molecule has 2 rings (SSSR count). The zero-order valence-corrected chi connectivity index (χ0v) is 11.9. The molecule has 1 aromatic carbocycles. The molecule has 0 unspecified atom stereocenters. The van der Waals surface area contributed by atoms with Crippen LogP contribution < -0.4 is 5.73 Å². The summed E-state index contributed by atoms with van der Waals surface area (Å²) in [4.78, 5) is 24.3. The normalized spacial score (nSPS) is 15.7. The van der Waals surface area contributed by atoms with E-state index < -0.39 is 4.92 Å². The van der Waals surface area contributed by atoms with E-state index in [4.69, 9.17) is 10.5 Å². The van der Waals surface area contributed by atoms with Crippen LogP contribution >= 0.6 is 0 Å². The monoisotopic (exact) mass is 293 g/mol. The molecule has 0 aromatic heterocycles. The number of hydrogen-bond donors (Lipinski definition) is 1. The van der Waals surface area contributed by atoms with E-state index in [2.05, 4.69) is 0 Å². The van der Waals surface area contributed by atoms with Crippen LogP contribution in [0, 0.1) is 16.0 Å². The molecule has 1 aromatic rings. The van der Waals surface area contributed by atoms with Crippen molar-refractivity contribution in [2.75, 3.05) is 32.5 Å². The van der Waals surface area contributed by atoms with Gasteiger partial charge in [-0.25, -0.2) is 0 Å². The minimum Gasteiger partial charge on any atom is -0.393 e. The first-order valence-electron chi connectivity index (χ1n) is 6.86. The molecule has 7 nitrogen and oxygen atoms in total. The van der Waals surface area contributed by atoms with E-state index in [0.29, 0.717) is 25.7 Å². The second-order valence-electron chi connectivity index (χ2n) is 5.24. The summed E-state index contributed by atoms with van der Waals surface area (Å²) in [5, 5.41) is 10.9. The van der Waals surface area contributed by atoms with Crippen LogP contribution in [0.2, 0.25) is 0 Å². The van der Waals surface area contributed by atoms with Crippen molar-refractivity contribution < 1.29 is 14.5 Å². The number of nitro groups is 1. The Morgan fingerprint density at radius 3 is 2.76 bits per heavy atom. The molecule has 114 valence electrons. The molecular weight excluding hydrogens is 274 g/mol. The topological polar surface area (TPSA) is 98.7 Å². The minimum absolute atomic E-state index is 0.0775. The largest absolute Gasteiger partial charge is 0.393 e. The summed E-state index contributed by atoms with van der Waals surface area (Å²) >= 11 is 0. The maximum Gasteiger partial charge on any atom is 0.292 e. The smallest absolute Gasteiger partial charge is 0.292 e. The fraction of sp³-hybridized carbons (Fsp3) is 0.500. The first-order valence-corrected chi connectivity index (χ1v) is 6.86. The Balaban J connectivity index is 2.11. The zero-order chi connectivity index (χ0) is 15.4. The first-order chi connectivity index (χ1) is 10.0. The number of nitrogens with two attached hydrogens (primary N) is 1. The number of nitrogen functional groups attached to an aromatic ring is 1. The van der Waals surface area contributed by atoms with Gasteiger partial charge in [0.1, 0.15) is 5.69 Å². The number of rotatable bonds is 4. The van der Waals surface area contributed by atoms with Gasteiger partial charge in [0.25, 0.3) is 11.6 Å². The molecule has 1 amide bonds. The number of carbonyl (C=O) groups is 1. The number of anilines is 1. The number of para-hydroxylation sites is 1. The van der Waals surface area contributed by atoms with E-state index in [1.165, 1.54) is 18.2 Å². The molecule has 1 saturated heterocycles. The predicted molar refractivity (Wildman–Crippen MR) is 78.0 cm³/mol. The first kappa shape index (κ1) is 15.2. The van der Waals surface area contributed by atoms with Gasteiger partial charge in [-0.1, -0.05) is 6.07 Å². The van der Waals surface area contributed by atoms with Crippen LogP contribution in [0.3, 0.4) is 0 Å². The van der Waals surface area contributed by atoms with E-state index in [0.717, 1.165) is 12.8 Å². The highest BCUT2D eigenvalue weighted by atomic mass is 16.6. The van der Waals surface area contributed by atoms with Gasteiger partial charge in [0, 0.05) is 32.9 Å². The van der Waals surface area contributed by atoms with Crippen molar-refractivity contribution in [2.24, 2.45) is 5.92 Å². The van der Waals surface area contributed by atoms with Gasteiger partial charge in [0.15, 0.2) is 0 Å². The van der Waals surface area contributed by atoms with Crippen LogP contribution in [0.4, 0.5) is 11.4 Å².